The zero-order valence-electron chi connectivity index (χ0n) is 12.3. The average Bonchev–Trinajstić information content (AvgIpc) is 2.37. The molecular formula is C16H25NO2. The predicted octanol–water partition coefficient (Wildman–Crippen LogP) is 2.31. The van der Waals surface area contributed by atoms with E-state index in [-0.39, 0.29) is 30.4 Å². The van der Waals surface area contributed by atoms with Gasteiger partial charge in [0, 0.05) is 12.0 Å². The molecule has 0 amide bonds. The van der Waals surface area contributed by atoms with E-state index < -0.39 is 0 Å². The van der Waals surface area contributed by atoms with Gasteiger partial charge in [-0.3, -0.25) is 4.79 Å². The van der Waals surface area contributed by atoms with Crippen LogP contribution in [0.25, 0.3) is 0 Å². The standard InChI is InChI=1S/C16H25NO2/c1-11(2)16(19)15(17-12(3)4)9-13-5-7-14(10-18)8-6-13/h5-8,11-12,15,17-18H,9-10H2,1-4H3. The number of Topliss-reactive ketones (excluding diaryl/α,β-unsaturated/α-hetero) is 1. The predicted molar refractivity (Wildman–Crippen MR) is 78.0 cm³/mol. The second kappa shape index (κ2) is 7.41. The molecule has 0 aliphatic rings. The van der Waals surface area contributed by atoms with E-state index in [1.807, 2.05) is 38.1 Å². The van der Waals surface area contributed by atoms with Gasteiger partial charge in [-0.2, -0.15) is 0 Å². The van der Waals surface area contributed by atoms with Gasteiger partial charge in [0.25, 0.3) is 0 Å². The SMILES string of the molecule is CC(C)NC(Cc1ccc(CO)cc1)C(=O)C(C)C. The van der Waals surface area contributed by atoms with Crippen molar-refractivity contribution in [2.24, 2.45) is 5.92 Å². The van der Waals surface area contributed by atoms with Crippen molar-refractivity contribution in [1.29, 1.82) is 0 Å². The van der Waals surface area contributed by atoms with Gasteiger partial charge in [-0.15, -0.1) is 0 Å². The Morgan fingerprint density at radius 3 is 2.05 bits per heavy atom. The fourth-order valence-corrected chi connectivity index (χ4v) is 2.06. The quantitative estimate of drug-likeness (QED) is 0.793. The Morgan fingerprint density at radius 2 is 1.63 bits per heavy atom. The third-order valence-electron chi connectivity index (χ3n) is 3.09. The maximum Gasteiger partial charge on any atom is 0.152 e. The first-order chi connectivity index (χ1) is 8.93. The Kier molecular flexibility index (Phi) is 6.19. The van der Waals surface area contributed by atoms with E-state index in [0.717, 1.165) is 11.1 Å². The molecule has 1 aromatic carbocycles. The van der Waals surface area contributed by atoms with Crippen molar-refractivity contribution in [3.63, 3.8) is 0 Å². The Hall–Kier alpha value is -1.19. The zero-order valence-corrected chi connectivity index (χ0v) is 12.3. The fraction of sp³-hybridized carbons (Fsp3) is 0.562. The molecule has 19 heavy (non-hydrogen) atoms. The molecule has 0 aromatic heterocycles. The van der Waals surface area contributed by atoms with Crippen molar-refractivity contribution in [1.82, 2.24) is 5.32 Å². The second-order valence-corrected chi connectivity index (χ2v) is 5.61. The Balaban J connectivity index is 2.78. The fourth-order valence-electron chi connectivity index (χ4n) is 2.06. The molecule has 0 heterocycles. The second-order valence-electron chi connectivity index (χ2n) is 5.61. The first-order valence-electron chi connectivity index (χ1n) is 6.92. The highest BCUT2D eigenvalue weighted by molar-refractivity contribution is 5.86. The monoisotopic (exact) mass is 263 g/mol. The molecule has 3 heteroatoms. The first-order valence-corrected chi connectivity index (χ1v) is 6.92. The van der Waals surface area contributed by atoms with Crippen LogP contribution in [-0.2, 0) is 17.8 Å². The highest BCUT2D eigenvalue weighted by Gasteiger charge is 2.21. The summed E-state index contributed by atoms with van der Waals surface area (Å²) in [5, 5.41) is 12.4. The van der Waals surface area contributed by atoms with Gasteiger partial charge >= 0.3 is 0 Å². The Morgan fingerprint density at radius 1 is 1.11 bits per heavy atom. The van der Waals surface area contributed by atoms with Gasteiger partial charge in [0.05, 0.1) is 12.6 Å². The number of hydrogen-bond donors (Lipinski definition) is 2. The van der Waals surface area contributed by atoms with Crippen LogP contribution in [0.4, 0.5) is 0 Å². The summed E-state index contributed by atoms with van der Waals surface area (Å²) in [5.74, 6) is 0.285. The molecular weight excluding hydrogens is 238 g/mol. The maximum absolute atomic E-state index is 12.2. The molecule has 1 rings (SSSR count). The Labute approximate surface area is 116 Å². The molecule has 2 N–H and O–H groups in total. The molecule has 0 aliphatic heterocycles. The van der Waals surface area contributed by atoms with Crippen LogP contribution in [0.3, 0.4) is 0 Å². The molecule has 1 atom stereocenters. The molecule has 1 unspecified atom stereocenters. The van der Waals surface area contributed by atoms with Crippen molar-refractivity contribution < 1.29 is 9.90 Å². The van der Waals surface area contributed by atoms with E-state index in [4.69, 9.17) is 5.11 Å². The zero-order chi connectivity index (χ0) is 14.4. The summed E-state index contributed by atoms with van der Waals surface area (Å²) in [6, 6.07) is 7.91. The van der Waals surface area contributed by atoms with Crippen LogP contribution in [0.1, 0.15) is 38.8 Å². The third-order valence-corrected chi connectivity index (χ3v) is 3.09. The van der Waals surface area contributed by atoms with Gasteiger partial charge in [0.2, 0.25) is 0 Å². The lowest BCUT2D eigenvalue weighted by Gasteiger charge is -2.22. The van der Waals surface area contributed by atoms with Gasteiger partial charge in [-0.25, -0.2) is 0 Å². The maximum atomic E-state index is 12.2. The minimum atomic E-state index is -0.139. The minimum absolute atomic E-state index is 0.0352. The first kappa shape index (κ1) is 15.9. The number of carbonyl (C=O) groups excluding carboxylic acids is 1. The highest BCUT2D eigenvalue weighted by atomic mass is 16.3. The molecule has 0 saturated carbocycles. The van der Waals surface area contributed by atoms with Crippen LogP contribution < -0.4 is 5.32 Å². The largest absolute Gasteiger partial charge is 0.392 e. The molecule has 0 fully saturated rings. The van der Waals surface area contributed by atoms with E-state index in [9.17, 15) is 4.79 Å². The van der Waals surface area contributed by atoms with Gasteiger partial charge in [-0.1, -0.05) is 52.0 Å². The van der Waals surface area contributed by atoms with E-state index in [1.165, 1.54) is 0 Å². The molecule has 106 valence electrons. The van der Waals surface area contributed by atoms with Crippen LogP contribution in [-0.4, -0.2) is 23.0 Å². The van der Waals surface area contributed by atoms with Gasteiger partial charge in [-0.05, 0) is 17.5 Å². The summed E-state index contributed by atoms with van der Waals surface area (Å²) in [4.78, 5) is 12.2. The van der Waals surface area contributed by atoms with Crippen LogP contribution in [0.2, 0.25) is 0 Å². The number of aliphatic hydroxyl groups is 1. The van der Waals surface area contributed by atoms with E-state index in [1.54, 1.807) is 0 Å². The van der Waals surface area contributed by atoms with Crippen molar-refractivity contribution in [2.45, 2.75) is 52.8 Å². The number of aliphatic hydroxyl groups excluding tert-OH is 1. The number of nitrogens with one attached hydrogen (secondary N) is 1. The summed E-state index contributed by atoms with van der Waals surface area (Å²) in [7, 11) is 0. The minimum Gasteiger partial charge on any atom is -0.392 e. The molecule has 0 radical (unpaired) electrons. The summed E-state index contributed by atoms with van der Waals surface area (Å²) >= 11 is 0. The summed E-state index contributed by atoms with van der Waals surface area (Å²) in [6.45, 7) is 8.03. The van der Waals surface area contributed by atoms with Gasteiger partial charge < -0.3 is 10.4 Å². The van der Waals surface area contributed by atoms with Crippen molar-refractivity contribution >= 4 is 5.78 Å². The van der Waals surface area contributed by atoms with Crippen molar-refractivity contribution in [3.05, 3.63) is 35.4 Å². The van der Waals surface area contributed by atoms with Gasteiger partial charge in [0.1, 0.15) is 0 Å². The van der Waals surface area contributed by atoms with Crippen LogP contribution in [0.15, 0.2) is 24.3 Å². The summed E-state index contributed by atoms with van der Waals surface area (Å²) in [6.07, 6.45) is 0.695. The molecule has 1 aromatic rings. The van der Waals surface area contributed by atoms with Crippen LogP contribution in [0.5, 0.6) is 0 Å². The summed E-state index contributed by atoms with van der Waals surface area (Å²) < 4.78 is 0. The lowest BCUT2D eigenvalue weighted by atomic mass is 9.95. The lowest BCUT2D eigenvalue weighted by molar-refractivity contribution is -0.124. The molecule has 0 spiro atoms. The number of ketones is 1. The Bertz CT molecular complexity index is 396. The average molecular weight is 263 g/mol. The normalized spacial score (nSPS) is 13.0. The molecule has 0 bridgehead atoms. The van der Waals surface area contributed by atoms with E-state index in [0.29, 0.717) is 6.42 Å². The number of rotatable bonds is 7. The molecule has 0 aliphatic carbocycles. The number of carbonyl (C=O) groups is 1. The molecule has 0 saturated heterocycles. The lowest BCUT2D eigenvalue weighted by Crippen LogP contribution is -2.44. The smallest absolute Gasteiger partial charge is 0.152 e. The number of benzene rings is 1. The van der Waals surface area contributed by atoms with Crippen LogP contribution in [0, 0.1) is 5.92 Å². The summed E-state index contributed by atoms with van der Waals surface area (Å²) in [5.41, 5.74) is 2.01. The van der Waals surface area contributed by atoms with E-state index >= 15 is 0 Å². The third kappa shape index (κ3) is 5.13. The van der Waals surface area contributed by atoms with Crippen molar-refractivity contribution in [3.8, 4) is 0 Å². The topological polar surface area (TPSA) is 49.3 Å². The van der Waals surface area contributed by atoms with E-state index in [2.05, 4.69) is 19.2 Å². The van der Waals surface area contributed by atoms with Gasteiger partial charge in [0.15, 0.2) is 5.78 Å². The van der Waals surface area contributed by atoms with Crippen LogP contribution >= 0.6 is 0 Å². The number of hydrogen-bond acceptors (Lipinski definition) is 3. The highest BCUT2D eigenvalue weighted by Crippen LogP contribution is 2.11. The van der Waals surface area contributed by atoms with Crippen molar-refractivity contribution in [2.75, 3.05) is 0 Å². The molecule has 3 nitrogen and oxygen atoms in total.